The van der Waals surface area contributed by atoms with Gasteiger partial charge in [0.1, 0.15) is 0 Å². The zero-order chi connectivity index (χ0) is 21.6. The topological polar surface area (TPSA) is 57.7 Å². The molecule has 0 aliphatic carbocycles. The minimum Gasteiger partial charge on any atom is -0.309 e. The molecule has 1 saturated heterocycles. The Bertz CT molecular complexity index is 1250. The first kappa shape index (κ1) is 20.2. The number of fused-ring (bicyclic) bond motifs is 2. The molecule has 3 aromatic carbocycles. The van der Waals surface area contributed by atoms with Crippen molar-refractivity contribution in [3.63, 3.8) is 0 Å². The van der Waals surface area contributed by atoms with E-state index in [0.717, 1.165) is 22.9 Å². The highest BCUT2D eigenvalue weighted by molar-refractivity contribution is 7.89. The zero-order valence-corrected chi connectivity index (χ0v) is 18.4. The van der Waals surface area contributed by atoms with Crippen molar-refractivity contribution >= 4 is 32.4 Å². The van der Waals surface area contributed by atoms with Crippen molar-refractivity contribution in [3.8, 4) is 0 Å². The molecular weight excluding hydrogens is 408 g/mol. The third kappa shape index (κ3) is 3.54. The van der Waals surface area contributed by atoms with E-state index in [9.17, 15) is 13.2 Å². The maximum Gasteiger partial charge on any atom is 0.243 e. The van der Waals surface area contributed by atoms with E-state index in [4.69, 9.17) is 0 Å². The van der Waals surface area contributed by atoms with E-state index in [1.807, 2.05) is 53.4 Å². The molecule has 0 unspecified atom stereocenters. The number of piperidine rings is 1. The molecule has 5 rings (SSSR count). The molecule has 6 heteroatoms. The number of amides is 1. The molecule has 2 heterocycles. The van der Waals surface area contributed by atoms with E-state index in [0.29, 0.717) is 30.8 Å². The molecule has 0 saturated carbocycles. The highest BCUT2D eigenvalue weighted by Gasteiger charge is 2.38. The molecule has 0 N–H and O–H groups in total. The number of rotatable bonds is 3. The van der Waals surface area contributed by atoms with Gasteiger partial charge in [-0.2, -0.15) is 4.31 Å². The van der Waals surface area contributed by atoms with Gasteiger partial charge in [0.15, 0.2) is 0 Å². The monoisotopic (exact) mass is 434 g/mol. The zero-order valence-electron chi connectivity index (χ0n) is 17.6. The van der Waals surface area contributed by atoms with Gasteiger partial charge in [-0.05, 0) is 60.7 Å². The SMILES string of the molecule is C[C@H]1Cc2ccccc2N1C(=O)C1CCN(S(=O)(=O)c2ccc3ccccc3c2)CC1. The molecule has 5 nitrogen and oxygen atoms in total. The lowest BCUT2D eigenvalue weighted by Crippen LogP contribution is -2.46. The molecule has 31 heavy (non-hydrogen) atoms. The maximum absolute atomic E-state index is 13.3. The first-order chi connectivity index (χ1) is 14.9. The van der Waals surface area contributed by atoms with Gasteiger partial charge in [0.25, 0.3) is 0 Å². The number of anilines is 1. The Labute approximate surface area is 183 Å². The van der Waals surface area contributed by atoms with Crippen LogP contribution >= 0.6 is 0 Å². The fraction of sp³-hybridized carbons (Fsp3) is 0.320. The summed E-state index contributed by atoms with van der Waals surface area (Å²) < 4.78 is 27.9. The predicted octanol–water partition coefficient (Wildman–Crippen LogP) is 4.22. The molecule has 2 aliphatic heterocycles. The number of carbonyl (C=O) groups excluding carboxylic acids is 1. The molecule has 2 aliphatic rings. The van der Waals surface area contributed by atoms with Crippen LogP contribution in [0.2, 0.25) is 0 Å². The van der Waals surface area contributed by atoms with Gasteiger partial charge in [-0.25, -0.2) is 8.42 Å². The Balaban J connectivity index is 1.31. The van der Waals surface area contributed by atoms with Gasteiger partial charge >= 0.3 is 0 Å². The summed E-state index contributed by atoms with van der Waals surface area (Å²) >= 11 is 0. The van der Waals surface area contributed by atoms with Gasteiger partial charge in [-0.1, -0.05) is 48.5 Å². The summed E-state index contributed by atoms with van der Waals surface area (Å²) in [4.78, 5) is 15.5. The number of sulfonamides is 1. The van der Waals surface area contributed by atoms with Crippen LogP contribution in [0, 0.1) is 5.92 Å². The van der Waals surface area contributed by atoms with Gasteiger partial charge in [0.05, 0.1) is 4.90 Å². The van der Waals surface area contributed by atoms with Crippen LogP contribution in [0.3, 0.4) is 0 Å². The van der Waals surface area contributed by atoms with E-state index in [1.54, 1.807) is 12.1 Å². The van der Waals surface area contributed by atoms with Crippen LogP contribution in [0.25, 0.3) is 10.8 Å². The normalized spacial score (nSPS) is 20.2. The second-order valence-corrected chi connectivity index (χ2v) is 10.5. The van der Waals surface area contributed by atoms with Gasteiger partial charge in [0.2, 0.25) is 15.9 Å². The van der Waals surface area contributed by atoms with Crippen LogP contribution in [0.1, 0.15) is 25.3 Å². The number of para-hydroxylation sites is 1. The standard InChI is InChI=1S/C25H26N2O3S/c1-18-16-22-8-4-5-9-24(22)27(18)25(28)20-12-14-26(15-13-20)31(29,30)23-11-10-19-6-2-3-7-21(19)17-23/h2-11,17-18,20H,12-16H2,1H3/t18-/m0/s1. The summed E-state index contributed by atoms with van der Waals surface area (Å²) in [6.07, 6.45) is 1.98. The van der Waals surface area contributed by atoms with Crippen molar-refractivity contribution in [1.82, 2.24) is 4.31 Å². The molecule has 3 aromatic rings. The quantitative estimate of drug-likeness (QED) is 0.620. The summed E-state index contributed by atoms with van der Waals surface area (Å²) in [6, 6.07) is 21.2. The van der Waals surface area contributed by atoms with Crippen molar-refractivity contribution in [3.05, 3.63) is 72.3 Å². The van der Waals surface area contributed by atoms with E-state index in [1.165, 1.54) is 9.87 Å². The highest BCUT2D eigenvalue weighted by Crippen LogP contribution is 2.35. The molecular formula is C25H26N2O3S. The minimum absolute atomic E-state index is 0.125. The van der Waals surface area contributed by atoms with Crippen molar-refractivity contribution in [2.45, 2.75) is 37.1 Å². The second-order valence-electron chi connectivity index (χ2n) is 8.58. The van der Waals surface area contributed by atoms with Crippen molar-refractivity contribution < 1.29 is 13.2 Å². The lowest BCUT2D eigenvalue weighted by atomic mass is 9.96. The Kier molecular flexibility index (Phi) is 5.07. The average Bonchev–Trinajstić information content (AvgIpc) is 3.14. The Hall–Kier alpha value is -2.70. The molecule has 0 aromatic heterocycles. The number of nitrogens with zero attached hydrogens (tertiary/aromatic N) is 2. The summed E-state index contributed by atoms with van der Waals surface area (Å²) in [5.41, 5.74) is 2.21. The van der Waals surface area contributed by atoms with Crippen LogP contribution in [0.15, 0.2) is 71.6 Å². The molecule has 1 fully saturated rings. The van der Waals surface area contributed by atoms with Crippen LogP contribution in [0.5, 0.6) is 0 Å². The number of hydrogen-bond donors (Lipinski definition) is 0. The van der Waals surface area contributed by atoms with Gasteiger partial charge in [-0.15, -0.1) is 0 Å². The third-order valence-corrected chi connectivity index (χ3v) is 8.50. The van der Waals surface area contributed by atoms with Gasteiger partial charge < -0.3 is 4.90 Å². The summed E-state index contributed by atoms with van der Waals surface area (Å²) in [5, 5.41) is 1.93. The molecule has 1 atom stereocenters. The Morgan fingerprint density at radius 3 is 2.35 bits per heavy atom. The van der Waals surface area contributed by atoms with Gasteiger partial charge in [0, 0.05) is 30.7 Å². The summed E-state index contributed by atoms with van der Waals surface area (Å²) in [5.74, 6) is -0.0168. The molecule has 0 bridgehead atoms. The fourth-order valence-corrected chi connectivity index (χ4v) is 6.42. The minimum atomic E-state index is -3.57. The van der Waals surface area contributed by atoms with Crippen molar-refractivity contribution in [1.29, 1.82) is 0 Å². The molecule has 0 radical (unpaired) electrons. The lowest BCUT2D eigenvalue weighted by Gasteiger charge is -2.34. The van der Waals surface area contributed by atoms with Crippen LogP contribution in [-0.2, 0) is 21.2 Å². The van der Waals surface area contributed by atoms with E-state index in [-0.39, 0.29) is 17.9 Å². The largest absolute Gasteiger partial charge is 0.309 e. The Morgan fingerprint density at radius 2 is 1.58 bits per heavy atom. The average molecular weight is 435 g/mol. The van der Waals surface area contributed by atoms with Crippen molar-refractivity contribution in [2.24, 2.45) is 5.92 Å². The number of benzene rings is 3. The highest BCUT2D eigenvalue weighted by atomic mass is 32.2. The maximum atomic E-state index is 13.3. The van der Waals surface area contributed by atoms with E-state index in [2.05, 4.69) is 13.0 Å². The first-order valence-electron chi connectivity index (χ1n) is 10.8. The molecule has 0 spiro atoms. The smallest absolute Gasteiger partial charge is 0.243 e. The lowest BCUT2D eigenvalue weighted by molar-refractivity contribution is -0.123. The third-order valence-electron chi connectivity index (χ3n) is 6.61. The fourth-order valence-electron chi connectivity index (χ4n) is 4.92. The first-order valence-corrected chi connectivity index (χ1v) is 12.3. The van der Waals surface area contributed by atoms with E-state index < -0.39 is 10.0 Å². The Morgan fingerprint density at radius 1 is 0.903 bits per heavy atom. The summed E-state index contributed by atoms with van der Waals surface area (Å²) in [7, 11) is -3.57. The number of hydrogen-bond acceptors (Lipinski definition) is 3. The number of carbonyl (C=O) groups is 1. The second kappa shape index (κ2) is 7.77. The molecule has 1 amide bonds. The predicted molar refractivity (Wildman–Crippen MR) is 123 cm³/mol. The summed E-state index contributed by atoms with van der Waals surface area (Å²) in [6.45, 7) is 2.82. The molecule has 160 valence electrons. The van der Waals surface area contributed by atoms with Crippen LogP contribution in [0.4, 0.5) is 5.69 Å². The van der Waals surface area contributed by atoms with Gasteiger partial charge in [-0.3, -0.25) is 4.79 Å². The van der Waals surface area contributed by atoms with E-state index >= 15 is 0 Å². The van der Waals surface area contributed by atoms with Crippen molar-refractivity contribution in [2.75, 3.05) is 18.0 Å². The van der Waals surface area contributed by atoms with Crippen LogP contribution in [-0.4, -0.2) is 37.8 Å². The van der Waals surface area contributed by atoms with Crippen LogP contribution < -0.4 is 4.90 Å².